The molecular weight excluding hydrogens is 651 g/mol. The highest BCUT2D eigenvalue weighted by molar-refractivity contribution is 7.26. The van der Waals surface area contributed by atoms with Gasteiger partial charge in [-0.15, -0.1) is 11.3 Å². The second-order valence-electron chi connectivity index (χ2n) is 15.3. The number of para-hydroxylation sites is 1. The highest BCUT2D eigenvalue weighted by Gasteiger charge is 2.65. The minimum atomic E-state index is -0.505. The predicted molar refractivity (Wildman–Crippen MR) is 216 cm³/mol. The van der Waals surface area contributed by atoms with Crippen LogP contribution < -0.4 is 9.13 Å². The third-order valence-corrected chi connectivity index (χ3v) is 13.9. The summed E-state index contributed by atoms with van der Waals surface area (Å²) in [6.07, 6.45) is 10.5. The van der Waals surface area contributed by atoms with Crippen molar-refractivity contribution in [1.29, 1.82) is 0 Å². The highest BCUT2D eigenvalue weighted by atomic mass is 32.1. The molecule has 2 unspecified atom stereocenters. The quantitative estimate of drug-likeness (QED) is 0.111. The van der Waals surface area contributed by atoms with Crippen LogP contribution in [0, 0.1) is 6.92 Å². The van der Waals surface area contributed by atoms with Crippen LogP contribution in [-0.2, 0) is 17.5 Å². The molecule has 52 heavy (non-hydrogen) atoms. The zero-order chi connectivity index (χ0) is 34.5. The summed E-state index contributed by atoms with van der Waals surface area (Å²) in [7, 11) is 0. The summed E-state index contributed by atoms with van der Waals surface area (Å²) in [5, 5.41) is 8.06. The summed E-state index contributed by atoms with van der Waals surface area (Å²) in [6, 6.07) is 45.8. The van der Waals surface area contributed by atoms with E-state index in [0.29, 0.717) is 0 Å². The SMILES string of the molecule is Cc1ccc2[n+](c1)C1(C)/C=C/Cc3ccccc3-c3cccc[n+]3C1(C)c1cc3c(cc1-2)c1c2c(cc4c5ccccc5n3c41)sc1ccccc12. The monoisotopic (exact) mass is 685 g/mol. The molecule has 246 valence electrons. The Labute approximate surface area is 305 Å². The lowest BCUT2D eigenvalue weighted by molar-refractivity contribution is -0.851. The molecule has 2 aliphatic rings. The lowest BCUT2D eigenvalue weighted by atomic mass is 9.68. The Morgan fingerprint density at radius 2 is 1.42 bits per heavy atom. The average molecular weight is 686 g/mol. The summed E-state index contributed by atoms with van der Waals surface area (Å²) in [4.78, 5) is 0. The van der Waals surface area contributed by atoms with Crippen molar-refractivity contribution in [2.75, 3.05) is 0 Å². The lowest BCUT2D eigenvalue weighted by Gasteiger charge is -2.41. The number of nitrogens with zero attached hydrogens (tertiary/aromatic N) is 3. The molecule has 0 saturated carbocycles. The molecule has 0 bridgehead atoms. The van der Waals surface area contributed by atoms with Gasteiger partial charge in [-0.25, -0.2) is 0 Å². The van der Waals surface area contributed by atoms with E-state index in [-0.39, 0.29) is 0 Å². The fraction of sp³-hybridized carbons (Fsp3) is 0.125. The zero-order valence-corrected chi connectivity index (χ0v) is 30.1. The van der Waals surface area contributed by atoms with Crippen molar-refractivity contribution in [3.63, 3.8) is 0 Å². The topological polar surface area (TPSA) is 12.2 Å². The number of aromatic nitrogens is 3. The molecule has 5 aromatic carbocycles. The van der Waals surface area contributed by atoms with Crippen LogP contribution in [0.15, 0.2) is 146 Å². The van der Waals surface area contributed by atoms with Crippen molar-refractivity contribution < 1.29 is 9.13 Å². The van der Waals surface area contributed by atoms with Gasteiger partial charge in [0.2, 0.25) is 11.4 Å². The number of thiophene rings is 1. The summed E-state index contributed by atoms with van der Waals surface area (Å²) in [6.45, 7) is 7.15. The molecule has 0 fully saturated rings. The van der Waals surface area contributed by atoms with Gasteiger partial charge >= 0.3 is 0 Å². The molecule has 2 atom stereocenters. The lowest BCUT2D eigenvalue weighted by Crippen LogP contribution is -2.77. The number of fused-ring (bicyclic) bond motifs is 20. The zero-order valence-electron chi connectivity index (χ0n) is 29.3. The molecule has 0 N–H and O–H groups in total. The molecule has 7 heterocycles. The maximum absolute atomic E-state index is 2.58. The van der Waals surface area contributed by atoms with Gasteiger partial charge in [0.25, 0.3) is 11.1 Å². The van der Waals surface area contributed by atoms with Gasteiger partial charge < -0.3 is 4.40 Å². The molecule has 10 aromatic rings. The number of pyridine rings is 2. The number of rotatable bonds is 0. The molecule has 0 spiro atoms. The van der Waals surface area contributed by atoms with E-state index in [9.17, 15) is 0 Å². The number of benzene rings is 5. The Morgan fingerprint density at radius 3 is 2.35 bits per heavy atom. The van der Waals surface area contributed by atoms with Crippen molar-refractivity contribution >= 4 is 69.6 Å². The third kappa shape index (κ3) is 3.33. The van der Waals surface area contributed by atoms with Crippen molar-refractivity contribution in [3.05, 3.63) is 163 Å². The molecular formula is C48H35N3S+2. The average Bonchev–Trinajstić information content (AvgIpc) is 3.83. The minimum absolute atomic E-state index is 0.436. The first-order chi connectivity index (χ1) is 25.5. The molecule has 3 nitrogen and oxygen atoms in total. The maximum atomic E-state index is 2.58. The smallest absolute Gasteiger partial charge is 0.259 e. The second-order valence-corrected chi connectivity index (χ2v) is 16.4. The van der Waals surface area contributed by atoms with Gasteiger partial charge in [0.05, 0.1) is 22.1 Å². The van der Waals surface area contributed by atoms with Crippen LogP contribution >= 0.6 is 11.3 Å². The summed E-state index contributed by atoms with van der Waals surface area (Å²) < 4.78 is 10.4. The van der Waals surface area contributed by atoms with Crippen LogP contribution in [0.25, 0.3) is 80.8 Å². The molecule has 5 aromatic heterocycles. The fourth-order valence-electron chi connectivity index (χ4n) is 10.2. The summed E-state index contributed by atoms with van der Waals surface area (Å²) >= 11 is 1.92. The van der Waals surface area contributed by atoms with Crippen LogP contribution in [0.4, 0.5) is 0 Å². The van der Waals surface area contributed by atoms with E-state index >= 15 is 0 Å². The highest BCUT2D eigenvalue weighted by Crippen LogP contribution is 2.52. The van der Waals surface area contributed by atoms with Crippen LogP contribution in [-0.4, -0.2) is 4.40 Å². The van der Waals surface area contributed by atoms with Gasteiger partial charge in [-0.2, -0.15) is 9.13 Å². The molecule has 0 amide bonds. The third-order valence-electron chi connectivity index (χ3n) is 12.7. The van der Waals surface area contributed by atoms with Gasteiger partial charge in [0, 0.05) is 90.5 Å². The molecule has 0 aliphatic carbocycles. The van der Waals surface area contributed by atoms with Gasteiger partial charge in [-0.05, 0) is 73.5 Å². The Balaban J connectivity index is 1.32. The predicted octanol–water partition coefficient (Wildman–Crippen LogP) is 11.0. The Hall–Kier alpha value is -5.84. The van der Waals surface area contributed by atoms with Gasteiger partial charge in [-0.3, -0.25) is 0 Å². The van der Waals surface area contributed by atoms with Crippen molar-refractivity contribution in [2.24, 2.45) is 0 Å². The fourth-order valence-corrected chi connectivity index (χ4v) is 11.3. The first kappa shape index (κ1) is 28.8. The van der Waals surface area contributed by atoms with Gasteiger partial charge in [-0.1, -0.05) is 60.7 Å². The van der Waals surface area contributed by atoms with E-state index in [1.165, 1.54) is 97.5 Å². The minimum Gasteiger partial charge on any atom is -0.308 e. The van der Waals surface area contributed by atoms with Crippen LogP contribution in [0.5, 0.6) is 0 Å². The van der Waals surface area contributed by atoms with Crippen LogP contribution in [0.2, 0.25) is 0 Å². The first-order valence-corrected chi connectivity index (χ1v) is 19.1. The number of hydrogen-bond donors (Lipinski definition) is 0. The molecule has 2 aliphatic heterocycles. The normalized spacial score (nSPS) is 20.1. The molecule has 0 radical (unpaired) electrons. The Morgan fingerprint density at radius 1 is 0.635 bits per heavy atom. The van der Waals surface area contributed by atoms with E-state index in [1.807, 2.05) is 11.3 Å². The van der Waals surface area contributed by atoms with Gasteiger partial charge in [0.15, 0.2) is 12.4 Å². The first-order valence-electron chi connectivity index (χ1n) is 18.3. The Kier molecular flexibility index (Phi) is 5.39. The van der Waals surface area contributed by atoms with Crippen molar-refractivity contribution in [2.45, 2.75) is 38.3 Å². The van der Waals surface area contributed by atoms with Crippen LogP contribution in [0.1, 0.15) is 30.5 Å². The molecule has 12 rings (SSSR count). The van der Waals surface area contributed by atoms with Crippen molar-refractivity contribution in [3.8, 4) is 22.5 Å². The number of aryl methyl sites for hydroxylation is 1. The summed E-state index contributed by atoms with van der Waals surface area (Å²) in [5.41, 5.74) is 11.9. The van der Waals surface area contributed by atoms with Crippen molar-refractivity contribution in [1.82, 2.24) is 4.40 Å². The largest absolute Gasteiger partial charge is 0.308 e. The van der Waals surface area contributed by atoms with Gasteiger partial charge in [0.1, 0.15) is 0 Å². The number of allylic oxidation sites excluding steroid dienone is 2. The van der Waals surface area contributed by atoms with E-state index in [2.05, 4.69) is 180 Å². The standard InChI is InChI=1S/C48H35N3S/c1-29-21-22-39-35-25-36-41(51-40-19-8-6-16-32(40)34-26-43-44(45(36)46(34)51)33-17-7-9-20-42(33)52-43)27-37(35)48(3)47(2,50(39)28-29)23-12-14-30-13-4-5-15-31(30)38-18-10-11-24-49(38)48/h4-13,15-28H,14H2,1-3H3/q+2/b23-12+. The molecule has 0 saturated heterocycles. The second kappa shape index (κ2) is 9.73. The molecule has 4 heteroatoms. The summed E-state index contributed by atoms with van der Waals surface area (Å²) in [5.74, 6) is 0. The van der Waals surface area contributed by atoms with E-state index < -0.39 is 11.1 Å². The van der Waals surface area contributed by atoms with E-state index in [1.54, 1.807) is 0 Å². The number of hydrogen-bond acceptors (Lipinski definition) is 1. The maximum Gasteiger partial charge on any atom is 0.259 e. The van der Waals surface area contributed by atoms with Crippen LogP contribution in [0.3, 0.4) is 0 Å². The Bertz CT molecular complexity index is 3220. The van der Waals surface area contributed by atoms with E-state index in [0.717, 1.165) is 6.42 Å². The van der Waals surface area contributed by atoms with E-state index in [4.69, 9.17) is 0 Å².